The Morgan fingerprint density at radius 2 is 2.00 bits per heavy atom. The van der Waals surface area contributed by atoms with Gasteiger partial charge in [-0.15, -0.1) is 0 Å². The summed E-state index contributed by atoms with van der Waals surface area (Å²) in [5.41, 5.74) is 4.75. The van der Waals surface area contributed by atoms with Crippen LogP contribution in [0.1, 0.15) is 29.8 Å². The van der Waals surface area contributed by atoms with Gasteiger partial charge in [0.1, 0.15) is 6.04 Å². The molecule has 22 heavy (non-hydrogen) atoms. The van der Waals surface area contributed by atoms with Gasteiger partial charge in [0.25, 0.3) is 0 Å². The lowest BCUT2D eigenvalue weighted by atomic mass is 10.2. The molecule has 1 saturated heterocycles. The molecule has 1 aliphatic rings. The van der Waals surface area contributed by atoms with Gasteiger partial charge in [0.15, 0.2) is 0 Å². The first-order valence-electron chi connectivity index (χ1n) is 7.78. The summed E-state index contributed by atoms with van der Waals surface area (Å²) in [5.74, 6) is -0.700. The Hall–Kier alpha value is -2.07. The van der Waals surface area contributed by atoms with Crippen molar-refractivity contribution in [1.29, 1.82) is 0 Å². The van der Waals surface area contributed by atoms with E-state index in [1.165, 1.54) is 17.0 Å². The molecule has 0 unspecified atom stereocenters. The standard InChI is InChI=1S/C18H22N2O2/c1-13-11-15(12-19-10-6-9-17(19)18(21)22)14(2)20(13)16-7-4-3-5-8-16/h3-5,7-8,11,17H,6,9-10,12H2,1-2H3,(H,21,22)/t17-/m0/s1. The number of aliphatic carboxylic acids is 1. The van der Waals surface area contributed by atoms with Gasteiger partial charge in [-0.05, 0) is 57.0 Å². The highest BCUT2D eigenvalue weighted by molar-refractivity contribution is 5.73. The summed E-state index contributed by atoms with van der Waals surface area (Å²) in [7, 11) is 0. The van der Waals surface area contributed by atoms with E-state index < -0.39 is 5.97 Å². The van der Waals surface area contributed by atoms with Crippen LogP contribution in [0, 0.1) is 13.8 Å². The van der Waals surface area contributed by atoms with Crippen LogP contribution in [-0.2, 0) is 11.3 Å². The Bertz CT molecular complexity index is 676. The summed E-state index contributed by atoms with van der Waals surface area (Å²) in [6.45, 7) is 5.79. The highest BCUT2D eigenvalue weighted by Crippen LogP contribution is 2.25. The van der Waals surface area contributed by atoms with Gasteiger partial charge in [-0.2, -0.15) is 0 Å². The molecule has 4 heteroatoms. The van der Waals surface area contributed by atoms with Crippen LogP contribution >= 0.6 is 0 Å². The smallest absolute Gasteiger partial charge is 0.320 e. The number of benzene rings is 1. The fourth-order valence-electron chi connectivity index (χ4n) is 3.48. The Morgan fingerprint density at radius 3 is 2.68 bits per heavy atom. The summed E-state index contributed by atoms with van der Waals surface area (Å²) < 4.78 is 2.24. The van der Waals surface area contributed by atoms with E-state index in [4.69, 9.17) is 0 Å². The maximum Gasteiger partial charge on any atom is 0.320 e. The van der Waals surface area contributed by atoms with Crippen molar-refractivity contribution in [3.05, 3.63) is 53.3 Å². The monoisotopic (exact) mass is 298 g/mol. The van der Waals surface area contributed by atoms with Gasteiger partial charge >= 0.3 is 5.97 Å². The minimum absolute atomic E-state index is 0.334. The molecule has 1 fully saturated rings. The SMILES string of the molecule is Cc1cc(CN2CCC[C@H]2C(=O)O)c(C)n1-c1ccccc1. The quantitative estimate of drug-likeness (QED) is 0.943. The number of likely N-dealkylation sites (tertiary alicyclic amines) is 1. The van der Waals surface area contributed by atoms with Gasteiger partial charge in [-0.25, -0.2) is 0 Å². The van der Waals surface area contributed by atoms with E-state index >= 15 is 0 Å². The van der Waals surface area contributed by atoms with E-state index in [-0.39, 0.29) is 6.04 Å². The van der Waals surface area contributed by atoms with E-state index in [0.29, 0.717) is 6.54 Å². The first-order valence-corrected chi connectivity index (χ1v) is 7.78. The molecule has 3 rings (SSSR count). The molecule has 0 bridgehead atoms. The fraction of sp³-hybridized carbons (Fsp3) is 0.389. The molecular formula is C18H22N2O2. The maximum atomic E-state index is 11.3. The van der Waals surface area contributed by atoms with Crippen molar-refractivity contribution < 1.29 is 9.90 Å². The largest absolute Gasteiger partial charge is 0.480 e. The second kappa shape index (κ2) is 5.97. The number of carboxylic acid groups (broad SMARTS) is 1. The Labute approximate surface area is 131 Å². The lowest BCUT2D eigenvalue weighted by Gasteiger charge is -2.21. The van der Waals surface area contributed by atoms with E-state index in [9.17, 15) is 9.90 Å². The molecule has 1 atom stereocenters. The number of rotatable bonds is 4. The van der Waals surface area contributed by atoms with Crippen LogP contribution in [-0.4, -0.2) is 33.1 Å². The van der Waals surface area contributed by atoms with Crippen molar-refractivity contribution >= 4 is 5.97 Å². The van der Waals surface area contributed by atoms with Crippen molar-refractivity contribution in [2.24, 2.45) is 0 Å². The molecule has 0 amide bonds. The average molecular weight is 298 g/mol. The van der Waals surface area contributed by atoms with E-state index in [0.717, 1.165) is 25.1 Å². The normalized spacial score (nSPS) is 18.7. The van der Waals surface area contributed by atoms with E-state index in [1.54, 1.807) is 0 Å². The summed E-state index contributed by atoms with van der Waals surface area (Å²) in [6.07, 6.45) is 1.72. The Balaban J connectivity index is 1.89. The lowest BCUT2D eigenvalue weighted by Crippen LogP contribution is -2.35. The number of hydrogen-bond acceptors (Lipinski definition) is 2. The third kappa shape index (κ3) is 2.66. The van der Waals surface area contributed by atoms with Crippen molar-refractivity contribution in [2.75, 3.05) is 6.54 Å². The third-order valence-corrected chi connectivity index (χ3v) is 4.57. The molecule has 0 radical (unpaired) electrons. The van der Waals surface area contributed by atoms with Crippen molar-refractivity contribution in [3.63, 3.8) is 0 Å². The third-order valence-electron chi connectivity index (χ3n) is 4.57. The number of para-hydroxylation sites is 1. The number of hydrogen-bond donors (Lipinski definition) is 1. The Kier molecular flexibility index (Phi) is 4.03. The summed E-state index contributed by atoms with van der Waals surface area (Å²) >= 11 is 0. The first kappa shape index (κ1) is 14.9. The van der Waals surface area contributed by atoms with Crippen LogP contribution in [0.15, 0.2) is 36.4 Å². The molecule has 1 aromatic carbocycles. The van der Waals surface area contributed by atoms with Crippen molar-refractivity contribution in [3.8, 4) is 5.69 Å². The molecule has 1 N–H and O–H groups in total. The highest BCUT2D eigenvalue weighted by Gasteiger charge is 2.31. The first-order chi connectivity index (χ1) is 10.6. The number of carbonyl (C=O) groups is 1. The van der Waals surface area contributed by atoms with Gasteiger partial charge in [-0.3, -0.25) is 9.69 Å². The predicted molar refractivity (Wildman–Crippen MR) is 86.3 cm³/mol. The van der Waals surface area contributed by atoms with Gasteiger partial charge in [0, 0.05) is 23.6 Å². The van der Waals surface area contributed by atoms with Crippen LogP contribution in [0.2, 0.25) is 0 Å². The van der Waals surface area contributed by atoms with Crippen LogP contribution in [0.5, 0.6) is 0 Å². The molecule has 0 saturated carbocycles. The molecule has 116 valence electrons. The topological polar surface area (TPSA) is 45.5 Å². The molecule has 1 aromatic heterocycles. The lowest BCUT2D eigenvalue weighted by molar-refractivity contribution is -0.142. The second-order valence-corrected chi connectivity index (χ2v) is 6.03. The highest BCUT2D eigenvalue weighted by atomic mass is 16.4. The van der Waals surface area contributed by atoms with E-state index in [1.807, 2.05) is 18.2 Å². The van der Waals surface area contributed by atoms with Gasteiger partial charge in [0.05, 0.1) is 0 Å². The minimum atomic E-state index is -0.700. The summed E-state index contributed by atoms with van der Waals surface area (Å²) in [4.78, 5) is 13.4. The molecule has 0 aliphatic carbocycles. The molecular weight excluding hydrogens is 276 g/mol. The minimum Gasteiger partial charge on any atom is -0.480 e. The van der Waals surface area contributed by atoms with Crippen LogP contribution in [0.3, 0.4) is 0 Å². The number of aromatic nitrogens is 1. The molecule has 0 spiro atoms. The van der Waals surface area contributed by atoms with E-state index in [2.05, 4.69) is 41.5 Å². The van der Waals surface area contributed by atoms with Crippen LogP contribution in [0.25, 0.3) is 5.69 Å². The molecule has 1 aliphatic heterocycles. The molecule has 2 aromatic rings. The number of nitrogens with zero attached hydrogens (tertiary/aromatic N) is 2. The predicted octanol–water partition coefficient (Wildman–Crippen LogP) is 3.14. The van der Waals surface area contributed by atoms with Crippen LogP contribution < -0.4 is 0 Å². The van der Waals surface area contributed by atoms with Gasteiger partial charge in [0.2, 0.25) is 0 Å². The van der Waals surface area contributed by atoms with Crippen LogP contribution in [0.4, 0.5) is 0 Å². The molecule has 4 nitrogen and oxygen atoms in total. The zero-order chi connectivity index (χ0) is 15.7. The Morgan fingerprint density at radius 1 is 1.27 bits per heavy atom. The van der Waals surface area contributed by atoms with Gasteiger partial charge in [-0.1, -0.05) is 18.2 Å². The number of aryl methyl sites for hydroxylation is 1. The zero-order valence-corrected chi connectivity index (χ0v) is 13.1. The van der Waals surface area contributed by atoms with Crippen molar-refractivity contribution in [1.82, 2.24) is 9.47 Å². The second-order valence-electron chi connectivity index (χ2n) is 6.03. The van der Waals surface area contributed by atoms with Gasteiger partial charge < -0.3 is 9.67 Å². The maximum absolute atomic E-state index is 11.3. The number of carboxylic acids is 1. The molecule has 2 heterocycles. The van der Waals surface area contributed by atoms with Crippen molar-refractivity contribution in [2.45, 2.75) is 39.3 Å². The fourth-order valence-corrected chi connectivity index (χ4v) is 3.48. The zero-order valence-electron chi connectivity index (χ0n) is 13.1. The summed E-state index contributed by atoms with van der Waals surface area (Å²) in [6, 6.07) is 12.1. The average Bonchev–Trinajstić information content (AvgIpc) is 3.06. The summed E-state index contributed by atoms with van der Waals surface area (Å²) in [5, 5.41) is 9.32.